The van der Waals surface area contributed by atoms with E-state index in [9.17, 15) is 28.2 Å². The molecule has 156 valence electrons. The number of aliphatic hydroxyl groups is 2. The highest BCUT2D eigenvalue weighted by molar-refractivity contribution is 6.30. The average molecular weight is 432 g/mol. The zero-order valence-electron chi connectivity index (χ0n) is 15.1. The van der Waals surface area contributed by atoms with Crippen LogP contribution in [0.3, 0.4) is 0 Å². The number of hydrogen-bond donors (Lipinski definition) is 3. The van der Waals surface area contributed by atoms with Gasteiger partial charge in [-0.05, 0) is 24.6 Å². The van der Waals surface area contributed by atoms with Gasteiger partial charge >= 0.3 is 11.9 Å². The van der Waals surface area contributed by atoms with Gasteiger partial charge in [-0.1, -0.05) is 23.7 Å². The van der Waals surface area contributed by atoms with E-state index in [1.807, 2.05) is 0 Å². The fourth-order valence-corrected chi connectivity index (χ4v) is 2.79. The minimum atomic E-state index is -4.88. The summed E-state index contributed by atoms with van der Waals surface area (Å²) in [6.07, 6.45) is -7.14. The molecule has 2 heterocycles. The molecule has 2 atom stereocenters. The molecule has 0 bridgehead atoms. The number of benzene rings is 1. The molecule has 0 aliphatic heterocycles. The largest absolute Gasteiger partial charge is 0.416 e. The zero-order valence-corrected chi connectivity index (χ0v) is 15.8. The first-order chi connectivity index (χ1) is 13.6. The maximum Gasteiger partial charge on any atom is 0.416 e. The van der Waals surface area contributed by atoms with Crippen LogP contribution >= 0.6 is 11.6 Å². The summed E-state index contributed by atoms with van der Waals surface area (Å²) in [5.74, 6) is 0.358. The summed E-state index contributed by atoms with van der Waals surface area (Å²) in [7, 11) is 0. The lowest BCUT2D eigenvalue weighted by Crippen LogP contribution is -2.37. The molecule has 2 aromatic heterocycles. The van der Waals surface area contributed by atoms with E-state index in [-0.39, 0.29) is 23.9 Å². The number of H-pyrrole nitrogens is 1. The van der Waals surface area contributed by atoms with E-state index in [4.69, 9.17) is 11.6 Å². The second kappa shape index (κ2) is 8.01. The number of halogens is 4. The van der Waals surface area contributed by atoms with Crippen LogP contribution in [-0.2, 0) is 13.1 Å². The summed E-state index contributed by atoms with van der Waals surface area (Å²) in [5, 5.41) is 25.8. The number of alkyl halides is 3. The van der Waals surface area contributed by atoms with Crippen LogP contribution in [0.15, 0.2) is 35.3 Å². The standard InChI is InChI=1S/C17H17ClF3N5O3/c1-9(27)15-22-14(23-24-15)8-25-6-12(10-2-4-11(18)5-3-10)26(16(25)29)7-13(28)17(19,20)21/h2-6,9,13,27-28H,7-8H2,1H3,(H,22,23,24)/t9-,13-/m0/s1. The Balaban J connectivity index is 2.02. The van der Waals surface area contributed by atoms with E-state index in [0.717, 1.165) is 9.13 Å². The van der Waals surface area contributed by atoms with Crippen LogP contribution in [0.25, 0.3) is 11.3 Å². The number of aromatic nitrogens is 5. The van der Waals surface area contributed by atoms with E-state index < -0.39 is 30.6 Å². The lowest BCUT2D eigenvalue weighted by molar-refractivity contribution is -0.207. The van der Waals surface area contributed by atoms with Crippen molar-refractivity contribution in [3.63, 3.8) is 0 Å². The molecule has 0 aliphatic rings. The second-order valence-corrected chi connectivity index (χ2v) is 6.85. The van der Waals surface area contributed by atoms with Gasteiger partial charge in [0, 0.05) is 11.2 Å². The molecule has 0 unspecified atom stereocenters. The van der Waals surface area contributed by atoms with Gasteiger partial charge in [-0.15, -0.1) is 0 Å². The molecule has 29 heavy (non-hydrogen) atoms. The van der Waals surface area contributed by atoms with Gasteiger partial charge in [0.15, 0.2) is 17.8 Å². The molecule has 1 aromatic carbocycles. The third kappa shape index (κ3) is 4.69. The van der Waals surface area contributed by atoms with Gasteiger partial charge in [-0.2, -0.15) is 18.3 Å². The molecular formula is C17H17ClF3N5O3. The first kappa shape index (κ1) is 21.1. The van der Waals surface area contributed by atoms with E-state index in [1.54, 1.807) is 12.1 Å². The van der Waals surface area contributed by atoms with Gasteiger partial charge in [0.25, 0.3) is 0 Å². The predicted molar refractivity (Wildman–Crippen MR) is 97.3 cm³/mol. The van der Waals surface area contributed by atoms with Crippen molar-refractivity contribution in [2.75, 3.05) is 0 Å². The Morgan fingerprint density at radius 3 is 2.45 bits per heavy atom. The summed E-state index contributed by atoms with van der Waals surface area (Å²) in [4.78, 5) is 16.8. The molecule has 3 N–H and O–H groups in total. The maximum atomic E-state index is 12.8. The first-order valence-corrected chi connectivity index (χ1v) is 8.84. The van der Waals surface area contributed by atoms with Crippen LogP contribution in [0.2, 0.25) is 5.02 Å². The van der Waals surface area contributed by atoms with Gasteiger partial charge in [0.1, 0.15) is 6.10 Å². The molecule has 0 saturated heterocycles. The molecule has 0 radical (unpaired) electrons. The van der Waals surface area contributed by atoms with Crippen molar-refractivity contribution in [1.29, 1.82) is 0 Å². The lowest BCUT2D eigenvalue weighted by atomic mass is 10.1. The number of aromatic amines is 1. The average Bonchev–Trinajstić information content (AvgIpc) is 3.22. The van der Waals surface area contributed by atoms with Crippen LogP contribution in [0.1, 0.15) is 24.7 Å². The van der Waals surface area contributed by atoms with E-state index >= 15 is 0 Å². The quantitative estimate of drug-likeness (QED) is 0.554. The normalized spacial score (nSPS) is 14.2. The van der Waals surface area contributed by atoms with Crippen molar-refractivity contribution in [3.05, 3.63) is 57.6 Å². The summed E-state index contributed by atoms with van der Waals surface area (Å²) < 4.78 is 40.5. The Bertz CT molecular complexity index is 1040. The van der Waals surface area contributed by atoms with Crippen LogP contribution in [-0.4, -0.2) is 46.8 Å². The van der Waals surface area contributed by atoms with Crippen LogP contribution in [0.4, 0.5) is 13.2 Å². The Hall–Kier alpha value is -2.63. The van der Waals surface area contributed by atoms with E-state index in [2.05, 4.69) is 15.2 Å². The molecule has 0 spiro atoms. The van der Waals surface area contributed by atoms with Gasteiger partial charge < -0.3 is 10.2 Å². The SMILES string of the molecule is C[C@H](O)c1nc(Cn2cc(-c3ccc(Cl)cc3)n(C[C@H](O)C(F)(F)F)c2=O)n[nH]1. The molecule has 0 fully saturated rings. The van der Waals surface area contributed by atoms with Crippen molar-refractivity contribution in [1.82, 2.24) is 24.3 Å². The minimum absolute atomic E-state index is 0.141. The highest BCUT2D eigenvalue weighted by Crippen LogP contribution is 2.25. The van der Waals surface area contributed by atoms with Gasteiger partial charge in [-0.3, -0.25) is 14.2 Å². The smallest absolute Gasteiger partial charge is 0.385 e. The van der Waals surface area contributed by atoms with Gasteiger partial charge in [0.2, 0.25) is 0 Å². The van der Waals surface area contributed by atoms with Crippen molar-refractivity contribution >= 4 is 11.6 Å². The highest BCUT2D eigenvalue weighted by atomic mass is 35.5. The number of nitrogens with one attached hydrogen (secondary N) is 1. The Morgan fingerprint density at radius 1 is 1.24 bits per heavy atom. The fourth-order valence-electron chi connectivity index (χ4n) is 2.67. The second-order valence-electron chi connectivity index (χ2n) is 6.41. The van der Waals surface area contributed by atoms with E-state index in [0.29, 0.717) is 10.6 Å². The number of aliphatic hydroxyl groups excluding tert-OH is 2. The van der Waals surface area contributed by atoms with Gasteiger partial charge in [0.05, 0.1) is 18.8 Å². The Labute approximate surface area is 167 Å². The molecular weight excluding hydrogens is 415 g/mol. The molecule has 0 amide bonds. The number of rotatable bonds is 6. The van der Waals surface area contributed by atoms with Crippen molar-refractivity contribution in [2.45, 2.75) is 38.4 Å². The van der Waals surface area contributed by atoms with Crippen LogP contribution in [0.5, 0.6) is 0 Å². The third-order valence-corrected chi connectivity index (χ3v) is 4.43. The zero-order chi connectivity index (χ0) is 21.3. The van der Waals surface area contributed by atoms with Crippen LogP contribution in [0, 0.1) is 0 Å². The molecule has 3 rings (SSSR count). The Kier molecular flexibility index (Phi) is 5.82. The number of imidazole rings is 1. The van der Waals surface area contributed by atoms with Crippen molar-refractivity contribution in [3.8, 4) is 11.3 Å². The van der Waals surface area contributed by atoms with Crippen LogP contribution < -0.4 is 5.69 Å². The molecule has 8 nitrogen and oxygen atoms in total. The molecule has 0 aliphatic carbocycles. The third-order valence-electron chi connectivity index (χ3n) is 4.18. The van der Waals surface area contributed by atoms with Crippen molar-refractivity contribution < 1.29 is 23.4 Å². The lowest BCUT2D eigenvalue weighted by Gasteiger charge is -2.16. The van der Waals surface area contributed by atoms with Gasteiger partial charge in [-0.25, -0.2) is 9.78 Å². The molecule has 12 heteroatoms. The maximum absolute atomic E-state index is 12.8. The first-order valence-electron chi connectivity index (χ1n) is 8.46. The number of hydrogen-bond acceptors (Lipinski definition) is 5. The monoisotopic (exact) mass is 431 g/mol. The van der Waals surface area contributed by atoms with E-state index in [1.165, 1.54) is 25.3 Å². The summed E-state index contributed by atoms with van der Waals surface area (Å²) >= 11 is 5.85. The topological polar surface area (TPSA) is 109 Å². The minimum Gasteiger partial charge on any atom is -0.385 e. The van der Waals surface area contributed by atoms with Crippen molar-refractivity contribution in [2.24, 2.45) is 0 Å². The summed E-state index contributed by atoms with van der Waals surface area (Å²) in [6, 6.07) is 6.17. The summed E-state index contributed by atoms with van der Waals surface area (Å²) in [5.41, 5.74) is -0.165. The molecule has 0 saturated carbocycles. The summed E-state index contributed by atoms with van der Waals surface area (Å²) in [6.45, 7) is 0.363. The Morgan fingerprint density at radius 2 is 1.90 bits per heavy atom. The predicted octanol–water partition coefficient (Wildman–Crippen LogP) is 2.11. The number of nitrogens with zero attached hydrogens (tertiary/aromatic N) is 4. The fraction of sp³-hybridized carbons (Fsp3) is 0.353. The highest BCUT2D eigenvalue weighted by Gasteiger charge is 2.39. The molecule has 3 aromatic rings.